The van der Waals surface area contributed by atoms with Crippen LogP contribution in [0.15, 0.2) is 18.2 Å². The van der Waals surface area contributed by atoms with Crippen LogP contribution >= 0.6 is 11.6 Å². The number of carbonyl (C=O) groups is 1. The number of benzene rings is 1. The van der Waals surface area contributed by atoms with Crippen LogP contribution in [0.2, 0.25) is 5.02 Å². The summed E-state index contributed by atoms with van der Waals surface area (Å²) >= 11 is 6.22. The van der Waals surface area contributed by atoms with E-state index in [1.807, 2.05) is 6.07 Å². The molecular weight excluding hydrogens is 290 g/mol. The number of primary amides is 1. The van der Waals surface area contributed by atoms with Gasteiger partial charge in [-0.25, -0.2) is 0 Å². The smallest absolute Gasteiger partial charge is 0.248 e. The van der Waals surface area contributed by atoms with Crippen molar-refractivity contribution in [2.24, 2.45) is 5.73 Å². The molecule has 1 aromatic rings. The molecule has 1 amide bonds. The van der Waals surface area contributed by atoms with Gasteiger partial charge in [-0.3, -0.25) is 9.69 Å². The number of hydrogen-bond acceptors (Lipinski definition) is 4. The lowest BCUT2D eigenvalue weighted by Crippen LogP contribution is -2.38. The van der Waals surface area contributed by atoms with E-state index in [9.17, 15) is 9.90 Å². The van der Waals surface area contributed by atoms with Crippen molar-refractivity contribution >= 4 is 17.5 Å². The molecule has 0 saturated carbocycles. The average molecular weight is 312 g/mol. The van der Waals surface area contributed by atoms with Crippen molar-refractivity contribution in [3.63, 3.8) is 0 Å². The molecule has 1 atom stereocenters. The zero-order valence-electron chi connectivity index (χ0n) is 12.0. The van der Waals surface area contributed by atoms with Crippen molar-refractivity contribution < 1.29 is 9.90 Å². The fourth-order valence-corrected chi connectivity index (χ4v) is 2.91. The maximum atomic E-state index is 11.1. The molecule has 6 heteroatoms. The van der Waals surface area contributed by atoms with E-state index in [1.165, 1.54) is 6.42 Å². The third kappa shape index (κ3) is 4.68. The number of nitrogens with two attached hydrogens (primary N) is 1. The molecule has 1 aromatic carbocycles. The van der Waals surface area contributed by atoms with E-state index in [0.29, 0.717) is 29.7 Å². The van der Waals surface area contributed by atoms with Crippen molar-refractivity contribution in [1.29, 1.82) is 0 Å². The Morgan fingerprint density at radius 2 is 2.33 bits per heavy atom. The van der Waals surface area contributed by atoms with Gasteiger partial charge in [-0.15, -0.1) is 0 Å². The van der Waals surface area contributed by atoms with Crippen LogP contribution in [-0.2, 0) is 6.54 Å². The Morgan fingerprint density at radius 1 is 1.52 bits per heavy atom. The van der Waals surface area contributed by atoms with Crippen LogP contribution in [0.4, 0.5) is 0 Å². The van der Waals surface area contributed by atoms with Gasteiger partial charge < -0.3 is 16.2 Å². The molecule has 0 spiro atoms. The molecule has 1 unspecified atom stereocenters. The second-order valence-electron chi connectivity index (χ2n) is 5.42. The first-order chi connectivity index (χ1) is 10.1. The molecular formula is C15H22ClN3O2. The molecule has 0 bridgehead atoms. The Hall–Kier alpha value is -1.14. The van der Waals surface area contributed by atoms with Gasteiger partial charge in [0.2, 0.25) is 5.91 Å². The van der Waals surface area contributed by atoms with Gasteiger partial charge in [0.15, 0.2) is 0 Å². The van der Waals surface area contributed by atoms with Gasteiger partial charge >= 0.3 is 0 Å². The van der Waals surface area contributed by atoms with Gasteiger partial charge in [-0.05, 0) is 37.1 Å². The third-order valence-corrected chi connectivity index (χ3v) is 4.14. The van der Waals surface area contributed by atoms with Crippen LogP contribution in [0.3, 0.4) is 0 Å². The van der Waals surface area contributed by atoms with Crippen molar-refractivity contribution in [2.45, 2.75) is 25.4 Å². The second-order valence-corrected chi connectivity index (χ2v) is 5.83. The number of carbonyl (C=O) groups excluding carboxylic acids is 1. The predicted octanol–water partition coefficient (Wildman–Crippen LogP) is 0.985. The highest BCUT2D eigenvalue weighted by Crippen LogP contribution is 2.20. The second kappa shape index (κ2) is 7.75. The molecule has 0 aromatic heterocycles. The van der Waals surface area contributed by atoms with Crippen LogP contribution in [0.25, 0.3) is 0 Å². The van der Waals surface area contributed by atoms with E-state index in [2.05, 4.69) is 10.2 Å². The molecule has 1 saturated heterocycles. The minimum Gasteiger partial charge on any atom is -0.395 e. The average Bonchev–Trinajstić information content (AvgIpc) is 2.94. The first-order valence-corrected chi connectivity index (χ1v) is 7.62. The normalized spacial score (nSPS) is 18.3. The monoisotopic (exact) mass is 311 g/mol. The summed E-state index contributed by atoms with van der Waals surface area (Å²) in [6, 6.07) is 5.59. The highest BCUT2D eigenvalue weighted by molar-refractivity contribution is 6.31. The van der Waals surface area contributed by atoms with Crippen molar-refractivity contribution in [1.82, 2.24) is 10.2 Å². The Morgan fingerprint density at radius 3 is 2.90 bits per heavy atom. The zero-order valence-corrected chi connectivity index (χ0v) is 12.8. The summed E-state index contributed by atoms with van der Waals surface area (Å²) in [6.45, 7) is 3.31. The van der Waals surface area contributed by atoms with E-state index in [1.54, 1.807) is 12.1 Å². The molecule has 1 fully saturated rings. The van der Waals surface area contributed by atoms with Gasteiger partial charge in [0.1, 0.15) is 0 Å². The molecule has 4 N–H and O–H groups in total. The summed E-state index contributed by atoms with van der Waals surface area (Å²) in [5.41, 5.74) is 6.59. The largest absolute Gasteiger partial charge is 0.395 e. The van der Waals surface area contributed by atoms with Gasteiger partial charge in [-0.1, -0.05) is 17.7 Å². The summed E-state index contributed by atoms with van der Waals surface area (Å²) in [7, 11) is 0. The first kappa shape index (κ1) is 16.2. The number of hydrogen-bond donors (Lipinski definition) is 3. The Bertz CT molecular complexity index is 490. The Kier molecular flexibility index (Phi) is 5.99. The molecule has 5 nitrogen and oxygen atoms in total. The van der Waals surface area contributed by atoms with Crippen LogP contribution in [-0.4, -0.2) is 48.2 Å². The van der Waals surface area contributed by atoms with Crippen molar-refractivity contribution in [3.8, 4) is 0 Å². The lowest BCUT2D eigenvalue weighted by atomic mass is 10.1. The first-order valence-electron chi connectivity index (χ1n) is 7.25. The van der Waals surface area contributed by atoms with Crippen LogP contribution < -0.4 is 11.1 Å². The number of aliphatic hydroxyl groups excluding tert-OH is 1. The molecule has 0 aliphatic carbocycles. The summed E-state index contributed by atoms with van der Waals surface area (Å²) < 4.78 is 0. The van der Waals surface area contributed by atoms with Crippen LogP contribution in [0.1, 0.15) is 28.8 Å². The molecule has 2 rings (SSSR count). The van der Waals surface area contributed by atoms with Crippen molar-refractivity contribution in [3.05, 3.63) is 34.3 Å². The highest BCUT2D eigenvalue weighted by atomic mass is 35.5. The number of rotatable bonds is 7. The molecule has 0 radical (unpaired) electrons. The number of nitrogens with one attached hydrogen (secondary N) is 1. The molecule has 21 heavy (non-hydrogen) atoms. The number of nitrogens with zero attached hydrogens (tertiary/aromatic N) is 1. The van der Waals surface area contributed by atoms with Crippen LogP contribution in [0.5, 0.6) is 0 Å². The number of aliphatic hydroxyl groups is 1. The minimum atomic E-state index is -0.481. The minimum absolute atomic E-state index is 0.115. The van der Waals surface area contributed by atoms with Gasteiger partial charge in [0.25, 0.3) is 0 Å². The predicted molar refractivity (Wildman–Crippen MR) is 83.4 cm³/mol. The molecule has 1 aliphatic heterocycles. The van der Waals surface area contributed by atoms with E-state index in [0.717, 1.165) is 25.1 Å². The lowest BCUT2D eigenvalue weighted by molar-refractivity contribution is 0.100. The highest BCUT2D eigenvalue weighted by Gasteiger charge is 2.18. The summed E-state index contributed by atoms with van der Waals surface area (Å²) in [5, 5.41) is 13.2. The number of halogens is 1. The Labute approximate surface area is 130 Å². The Balaban J connectivity index is 2.03. The van der Waals surface area contributed by atoms with Crippen molar-refractivity contribution in [2.75, 3.05) is 26.2 Å². The zero-order chi connectivity index (χ0) is 15.2. The van der Waals surface area contributed by atoms with Gasteiger partial charge in [0.05, 0.1) is 6.61 Å². The molecule has 116 valence electrons. The van der Waals surface area contributed by atoms with Crippen LogP contribution in [0, 0.1) is 0 Å². The number of amides is 1. The topological polar surface area (TPSA) is 78.6 Å². The van der Waals surface area contributed by atoms with E-state index in [-0.39, 0.29) is 6.61 Å². The fraction of sp³-hybridized carbons (Fsp3) is 0.533. The van der Waals surface area contributed by atoms with E-state index in [4.69, 9.17) is 17.3 Å². The maximum absolute atomic E-state index is 11.1. The fourth-order valence-electron chi connectivity index (χ4n) is 2.67. The van der Waals surface area contributed by atoms with Gasteiger partial charge in [0, 0.05) is 36.3 Å². The van der Waals surface area contributed by atoms with E-state index < -0.39 is 5.91 Å². The summed E-state index contributed by atoms with van der Waals surface area (Å²) in [4.78, 5) is 13.3. The quantitative estimate of drug-likeness (QED) is 0.701. The molecule has 1 aliphatic rings. The summed E-state index contributed by atoms with van der Waals surface area (Å²) in [6.07, 6.45) is 2.36. The lowest BCUT2D eigenvalue weighted by Gasteiger charge is -2.25. The standard InChI is InChI=1S/C15H22ClN3O2/c16-14-8-11(15(17)21)3-4-12(14)9-19(6-7-20)10-13-2-1-5-18-13/h3-4,8,13,18,20H,1-2,5-7,9-10H2,(H2,17,21). The maximum Gasteiger partial charge on any atom is 0.248 e. The molecule has 1 heterocycles. The SMILES string of the molecule is NC(=O)c1ccc(CN(CCO)CC2CCCN2)c(Cl)c1. The summed E-state index contributed by atoms with van der Waals surface area (Å²) in [5.74, 6) is -0.481. The third-order valence-electron chi connectivity index (χ3n) is 3.79. The van der Waals surface area contributed by atoms with Gasteiger partial charge in [-0.2, -0.15) is 0 Å². The van der Waals surface area contributed by atoms with E-state index >= 15 is 0 Å².